The largest absolute Gasteiger partial charge is 0.494 e. The van der Waals surface area contributed by atoms with Crippen molar-refractivity contribution >= 4 is 0 Å². The van der Waals surface area contributed by atoms with E-state index in [2.05, 4.69) is 24.0 Å². The molecule has 2 rings (SSSR count). The molecular weight excluding hydrogens is 264 g/mol. The summed E-state index contributed by atoms with van der Waals surface area (Å²) >= 11 is 0. The van der Waals surface area contributed by atoms with Gasteiger partial charge in [-0.3, -0.25) is 0 Å². The topological polar surface area (TPSA) is 48.2 Å². The summed E-state index contributed by atoms with van der Waals surface area (Å²) in [5, 5.41) is 4.04. The lowest BCUT2D eigenvalue weighted by atomic mass is 10.2. The van der Waals surface area contributed by atoms with Crippen LogP contribution in [0.25, 0.3) is 11.4 Å². The molecule has 0 fully saturated rings. The molecule has 114 valence electrons. The van der Waals surface area contributed by atoms with Crippen LogP contribution in [-0.2, 0) is 6.42 Å². The van der Waals surface area contributed by atoms with Crippen molar-refractivity contribution < 1.29 is 9.26 Å². The molecule has 0 aliphatic heterocycles. The lowest BCUT2D eigenvalue weighted by molar-refractivity contribution is 0.309. The molecule has 4 heteroatoms. The molecule has 4 nitrogen and oxygen atoms in total. The molecule has 0 saturated carbocycles. The van der Waals surface area contributed by atoms with Gasteiger partial charge in [-0.05, 0) is 37.1 Å². The van der Waals surface area contributed by atoms with Crippen LogP contribution in [0.2, 0.25) is 0 Å². The van der Waals surface area contributed by atoms with Crippen molar-refractivity contribution in [3.63, 3.8) is 0 Å². The van der Waals surface area contributed by atoms with E-state index < -0.39 is 0 Å². The Labute approximate surface area is 126 Å². The first-order valence-corrected chi connectivity index (χ1v) is 7.89. The fourth-order valence-corrected chi connectivity index (χ4v) is 2.03. The SMILES string of the molecule is CCCCCc1nc(-c2ccc(OCCCC)cc2)no1. The van der Waals surface area contributed by atoms with Gasteiger partial charge in [-0.1, -0.05) is 38.3 Å². The van der Waals surface area contributed by atoms with E-state index in [0.717, 1.165) is 49.5 Å². The first kappa shape index (κ1) is 15.5. The first-order valence-electron chi connectivity index (χ1n) is 7.89. The fourth-order valence-electron chi connectivity index (χ4n) is 2.03. The number of hydrogen-bond acceptors (Lipinski definition) is 4. The smallest absolute Gasteiger partial charge is 0.226 e. The van der Waals surface area contributed by atoms with E-state index in [-0.39, 0.29) is 0 Å². The van der Waals surface area contributed by atoms with Gasteiger partial charge in [0, 0.05) is 12.0 Å². The monoisotopic (exact) mass is 288 g/mol. The summed E-state index contributed by atoms with van der Waals surface area (Å²) in [6, 6.07) is 7.86. The number of aromatic nitrogens is 2. The van der Waals surface area contributed by atoms with Gasteiger partial charge in [0.25, 0.3) is 0 Å². The summed E-state index contributed by atoms with van der Waals surface area (Å²) in [5.74, 6) is 2.27. The van der Waals surface area contributed by atoms with Crippen molar-refractivity contribution in [1.82, 2.24) is 10.1 Å². The summed E-state index contributed by atoms with van der Waals surface area (Å²) in [4.78, 5) is 4.44. The van der Waals surface area contributed by atoms with Crippen LogP contribution >= 0.6 is 0 Å². The maximum absolute atomic E-state index is 5.64. The molecular formula is C17H24N2O2. The number of aryl methyl sites for hydroxylation is 1. The van der Waals surface area contributed by atoms with Gasteiger partial charge < -0.3 is 9.26 Å². The highest BCUT2D eigenvalue weighted by Gasteiger charge is 2.08. The zero-order valence-electron chi connectivity index (χ0n) is 13.0. The minimum atomic E-state index is 0.654. The minimum absolute atomic E-state index is 0.654. The van der Waals surface area contributed by atoms with Gasteiger partial charge in [0.2, 0.25) is 11.7 Å². The molecule has 0 amide bonds. The van der Waals surface area contributed by atoms with Crippen molar-refractivity contribution in [2.24, 2.45) is 0 Å². The molecule has 0 saturated heterocycles. The Kier molecular flexibility index (Phi) is 6.25. The third-order valence-corrected chi connectivity index (χ3v) is 3.34. The predicted octanol–water partition coefficient (Wildman–Crippen LogP) is 4.65. The minimum Gasteiger partial charge on any atom is -0.494 e. The van der Waals surface area contributed by atoms with Gasteiger partial charge in [-0.2, -0.15) is 4.98 Å². The standard InChI is InChI=1S/C17H24N2O2/c1-3-5-7-8-16-18-17(19-21-16)14-9-11-15(12-10-14)20-13-6-4-2/h9-12H,3-8,13H2,1-2H3. The van der Waals surface area contributed by atoms with Crippen molar-refractivity contribution in [3.8, 4) is 17.1 Å². The molecule has 0 radical (unpaired) electrons. The average molecular weight is 288 g/mol. The molecule has 1 heterocycles. The predicted molar refractivity (Wildman–Crippen MR) is 83.4 cm³/mol. The quantitative estimate of drug-likeness (QED) is 0.630. The molecule has 1 aromatic carbocycles. The van der Waals surface area contributed by atoms with Gasteiger partial charge in [0.15, 0.2) is 0 Å². The van der Waals surface area contributed by atoms with E-state index in [0.29, 0.717) is 5.82 Å². The second-order valence-electron chi connectivity index (χ2n) is 5.20. The lowest BCUT2D eigenvalue weighted by Crippen LogP contribution is -1.96. The fraction of sp³-hybridized carbons (Fsp3) is 0.529. The molecule has 21 heavy (non-hydrogen) atoms. The summed E-state index contributed by atoms with van der Waals surface area (Å²) in [5.41, 5.74) is 0.961. The molecule has 0 spiro atoms. The third kappa shape index (κ3) is 4.88. The molecule has 0 aliphatic carbocycles. The Bertz CT molecular complexity index is 520. The molecule has 2 aromatic rings. The maximum Gasteiger partial charge on any atom is 0.226 e. The molecule has 0 unspecified atom stereocenters. The van der Waals surface area contributed by atoms with E-state index in [9.17, 15) is 0 Å². The number of ether oxygens (including phenoxy) is 1. The van der Waals surface area contributed by atoms with Gasteiger partial charge >= 0.3 is 0 Å². The van der Waals surface area contributed by atoms with E-state index in [1.807, 2.05) is 24.3 Å². The highest BCUT2D eigenvalue weighted by molar-refractivity contribution is 5.55. The molecule has 0 aliphatic rings. The highest BCUT2D eigenvalue weighted by atomic mass is 16.5. The second-order valence-corrected chi connectivity index (χ2v) is 5.20. The Morgan fingerprint density at radius 2 is 1.76 bits per heavy atom. The maximum atomic E-state index is 5.64. The zero-order chi connectivity index (χ0) is 14.9. The number of benzene rings is 1. The van der Waals surface area contributed by atoms with Crippen molar-refractivity contribution in [2.75, 3.05) is 6.61 Å². The normalized spacial score (nSPS) is 10.8. The van der Waals surface area contributed by atoms with Crippen molar-refractivity contribution in [3.05, 3.63) is 30.2 Å². The molecule has 1 aromatic heterocycles. The summed E-state index contributed by atoms with van der Waals surface area (Å²) < 4.78 is 10.9. The van der Waals surface area contributed by atoms with Crippen LogP contribution < -0.4 is 4.74 Å². The summed E-state index contributed by atoms with van der Waals surface area (Å²) in [7, 11) is 0. The zero-order valence-corrected chi connectivity index (χ0v) is 13.0. The number of nitrogens with zero attached hydrogens (tertiary/aromatic N) is 2. The number of hydrogen-bond donors (Lipinski definition) is 0. The van der Waals surface area contributed by atoms with Gasteiger partial charge in [0.1, 0.15) is 5.75 Å². The van der Waals surface area contributed by atoms with Gasteiger partial charge in [-0.25, -0.2) is 0 Å². The van der Waals surface area contributed by atoms with E-state index >= 15 is 0 Å². The van der Waals surface area contributed by atoms with E-state index in [1.54, 1.807) is 0 Å². The van der Waals surface area contributed by atoms with Crippen LogP contribution in [0, 0.1) is 0 Å². The number of unbranched alkanes of at least 4 members (excludes halogenated alkanes) is 3. The Morgan fingerprint density at radius 1 is 1.00 bits per heavy atom. The van der Waals surface area contributed by atoms with Crippen LogP contribution in [0.15, 0.2) is 28.8 Å². The highest BCUT2D eigenvalue weighted by Crippen LogP contribution is 2.20. The van der Waals surface area contributed by atoms with E-state index in [4.69, 9.17) is 9.26 Å². The Balaban J connectivity index is 1.92. The third-order valence-electron chi connectivity index (χ3n) is 3.34. The van der Waals surface area contributed by atoms with Crippen LogP contribution in [-0.4, -0.2) is 16.7 Å². The Hall–Kier alpha value is -1.84. The van der Waals surface area contributed by atoms with Crippen LogP contribution in [0.1, 0.15) is 51.8 Å². The van der Waals surface area contributed by atoms with Crippen LogP contribution in [0.5, 0.6) is 5.75 Å². The van der Waals surface area contributed by atoms with Crippen molar-refractivity contribution in [1.29, 1.82) is 0 Å². The van der Waals surface area contributed by atoms with Gasteiger partial charge in [-0.15, -0.1) is 0 Å². The van der Waals surface area contributed by atoms with Gasteiger partial charge in [0.05, 0.1) is 6.61 Å². The van der Waals surface area contributed by atoms with E-state index in [1.165, 1.54) is 12.8 Å². The first-order chi connectivity index (χ1) is 10.3. The van der Waals surface area contributed by atoms with Crippen molar-refractivity contribution in [2.45, 2.75) is 52.4 Å². The lowest BCUT2D eigenvalue weighted by Gasteiger charge is -2.04. The number of rotatable bonds is 9. The summed E-state index contributed by atoms with van der Waals surface area (Å²) in [6.45, 7) is 5.10. The summed E-state index contributed by atoms with van der Waals surface area (Å²) in [6.07, 6.45) is 6.57. The molecule has 0 N–H and O–H groups in total. The molecule has 0 bridgehead atoms. The van der Waals surface area contributed by atoms with Crippen LogP contribution in [0.4, 0.5) is 0 Å². The Morgan fingerprint density at radius 3 is 2.48 bits per heavy atom. The van der Waals surface area contributed by atoms with Crippen LogP contribution in [0.3, 0.4) is 0 Å². The molecule has 0 atom stereocenters. The second kappa shape index (κ2) is 8.45. The average Bonchev–Trinajstić information content (AvgIpc) is 2.97.